The van der Waals surface area contributed by atoms with Gasteiger partial charge in [-0.15, -0.1) is 23.8 Å². The van der Waals surface area contributed by atoms with Crippen molar-refractivity contribution in [3.05, 3.63) is 216 Å². The molecule has 76 heavy (non-hydrogen) atoms. The number of hydrogen-bond acceptors (Lipinski definition) is 3. The van der Waals surface area contributed by atoms with Gasteiger partial charge in [-0.1, -0.05) is 233 Å². The van der Waals surface area contributed by atoms with Crippen molar-refractivity contribution in [2.45, 2.75) is 112 Å². The van der Waals surface area contributed by atoms with Crippen LogP contribution in [0.3, 0.4) is 0 Å². The Morgan fingerprint density at radius 3 is 1.53 bits per heavy atom. The Morgan fingerprint density at radius 2 is 0.947 bits per heavy atom. The summed E-state index contributed by atoms with van der Waals surface area (Å²) in [7, 11) is 0. The van der Waals surface area contributed by atoms with Crippen molar-refractivity contribution in [3.63, 3.8) is 0 Å². The van der Waals surface area contributed by atoms with Crippen molar-refractivity contribution >= 4 is 11.0 Å². The summed E-state index contributed by atoms with van der Waals surface area (Å²) in [6.07, 6.45) is 1.90. The third kappa shape index (κ3) is 10.8. The normalized spacial score (nSPS) is 12.2. The maximum Gasteiger partial charge on any atom is 0.148 e. The summed E-state index contributed by atoms with van der Waals surface area (Å²) in [4.78, 5) is 10.7. The number of imidazole rings is 1. The number of fused-ring (bicyclic) bond motifs is 1. The number of pyridine rings is 1. The largest absolute Gasteiger partial charge is 0.507 e. The average molecular weight is 1180 g/mol. The van der Waals surface area contributed by atoms with Crippen LogP contribution in [0.2, 0.25) is 0 Å². The zero-order chi connectivity index (χ0) is 53.2. The molecule has 0 spiro atoms. The number of nitrogens with zero attached hydrogens (tertiary/aromatic N) is 3. The number of aryl methyl sites for hydroxylation is 1. The summed E-state index contributed by atoms with van der Waals surface area (Å²) in [5, 5.41) is 12.6. The van der Waals surface area contributed by atoms with Gasteiger partial charge in [0, 0.05) is 38.5 Å². The first-order valence-corrected chi connectivity index (χ1v) is 26.4. The minimum absolute atomic E-state index is 0. The van der Waals surface area contributed by atoms with Crippen LogP contribution < -0.4 is 0 Å². The van der Waals surface area contributed by atoms with Crippen molar-refractivity contribution < 1.29 is 26.2 Å². The monoisotopic (exact) mass is 1180 g/mol. The van der Waals surface area contributed by atoms with Crippen LogP contribution in [0.4, 0.5) is 0 Å². The Hall–Kier alpha value is -7.13. The molecule has 0 fully saturated rings. The molecule has 0 radical (unpaired) electrons. The van der Waals surface area contributed by atoms with Crippen LogP contribution in [-0.4, -0.2) is 19.6 Å². The van der Waals surface area contributed by atoms with Crippen LogP contribution in [0.1, 0.15) is 111 Å². The molecule has 0 amide bonds. The summed E-state index contributed by atoms with van der Waals surface area (Å²) in [6, 6.07) is 67.0. The van der Waals surface area contributed by atoms with Gasteiger partial charge >= 0.3 is 0 Å². The smallest absolute Gasteiger partial charge is 0.148 e. The van der Waals surface area contributed by atoms with E-state index >= 15 is 0 Å². The number of aromatic nitrogens is 3. The van der Waals surface area contributed by atoms with Gasteiger partial charge in [0.25, 0.3) is 0 Å². The first-order chi connectivity index (χ1) is 35.5. The van der Waals surface area contributed by atoms with Crippen molar-refractivity contribution in [3.8, 4) is 89.7 Å². The van der Waals surface area contributed by atoms with Gasteiger partial charge in [0.1, 0.15) is 11.6 Å². The Labute approximate surface area is 466 Å². The predicted molar refractivity (Wildman–Crippen MR) is 317 cm³/mol. The van der Waals surface area contributed by atoms with E-state index in [9.17, 15) is 5.11 Å². The second-order valence-corrected chi connectivity index (χ2v) is 24.6. The molecular formula is C71H70N3OPt-. The molecule has 0 bridgehead atoms. The second-order valence-electron chi connectivity index (χ2n) is 24.6. The summed E-state index contributed by atoms with van der Waals surface area (Å²) < 4.78 is 2.27. The molecule has 10 aromatic rings. The van der Waals surface area contributed by atoms with Gasteiger partial charge in [-0.3, -0.25) is 9.55 Å². The van der Waals surface area contributed by atoms with Crippen LogP contribution in [-0.2, 0) is 42.7 Å². The third-order valence-electron chi connectivity index (χ3n) is 14.8. The van der Waals surface area contributed by atoms with E-state index < -0.39 is 0 Å². The first kappa shape index (κ1) is 53.7. The van der Waals surface area contributed by atoms with Crippen molar-refractivity contribution in [1.29, 1.82) is 0 Å². The Balaban J connectivity index is 0.00000706. The minimum Gasteiger partial charge on any atom is -0.507 e. The van der Waals surface area contributed by atoms with E-state index in [2.05, 4.69) is 271 Å². The molecule has 0 saturated carbocycles. The summed E-state index contributed by atoms with van der Waals surface area (Å²) in [5.74, 6) is 0.927. The molecule has 5 heteroatoms. The SMILES string of the molecule is Cc1cc(-c2cc(C(C)(C)C)cc(C(C)(C)C)c2)ccc1-n1c(-c2cc(C(C)(C)C)cc(C(C)(C)C)c2O)nc2c(-c3[c-]c(-c4cc(-c5ccc(-c6ccccc6)cc5)ccn4)cc(-c4ccccc4)c3)cccc21.[Pt]. The van der Waals surface area contributed by atoms with Crippen LogP contribution in [0.25, 0.3) is 95.0 Å². The van der Waals surface area contributed by atoms with Crippen LogP contribution >= 0.6 is 0 Å². The van der Waals surface area contributed by atoms with Crippen LogP contribution in [0.5, 0.6) is 5.75 Å². The number of benzene rings is 8. The fraction of sp³-hybridized carbons (Fsp3) is 0.239. The van der Waals surface area contributed by atoms with E-state index in [1.807, 2.05) is 12.3 Å². The summed E-state index contributed by atoms with van der Waals surface area (Å²) in [5.41, 5.74) is 21.2. The van der Waals surface area contributed by atoms with Gasteiger partial charge in [-0.25, -0.2) is 4.98 Å². The predicted octanol–water partition coefficient (Wildman–Crippen LogP) is 19.1. The van der Waals surface area contributed by atoms with E-state index in [0.717, 1.165) is 83.6 Å². The van der Waals surface area contributed by atoms with Gasteiger partial charge in [-0.05, 0) is 120 Å². The molecule has 2 heterocycles. The fourth-order valence-electron chi connectivity index (χ4n) is 10.2. The van der Waals surface area contributed by atoms with E-state index in [-0.39, 0.29) is 48.5 Å². The molecule has 0 aliphatic heterocycles. The Morgan fingerprint density at radius 1 is 0.434 bits per heavy atom. The molecule has 0 saturated heterocycles. The molecule has 0 aliphatic carbocycles. The molecule has 0 aliphatic rings. The molecule has 0 atom stereocenters. The summed E-state index contributed by atoms with van der Waals surface area (Å²) in [6.45, 7) is 29.2. The number of phenolic OH excluding ortho intramolecular Hbond substituents is 1. The van der Waals surface area contributed by atoms with Crippen molar-refractivity contribution in [1.82, 2.24) is 14.5 Å². The number of aromatic hydroxyl groups is 1. The number of phenols is 1. The molecular weight excluding hydrogens is 1110 g/mol. The average Bonchev–Trinajstić information content (AvgIpc) is 3.80. The number of para-hydroxylation sites is 1. The Bertz CT molecular complexity index is 3710. The van der Waals surface area contributed by atoms with E-state index in [1.54, 1.807) is 0 Å². The Kier molecular flexibility index (Phi) is 14.4. The topological polar surface area (TPSA) is 50.9 Å². The van der Waals surface area contributed by atoms with E-state index in [0.29, 0.717) is 11.4 Å². The van der Waals surface area contributed by atoms with Gasteiger partial charge in [0.05, 0.1) is 22.3 Å². The zero-order valence-electron chi connectivity index (χ0n) is 46.4. The van der Waals surface area contributed by atoms with Gasteiger partial charge in [0.15, 0.2) is 0 Å². The molecule has 8 aromatic carbocycles. The first-order valence-electron chi connectivity index (χ1n) is 26.4. The summed E-state index contributed by atoms with van der Waals surface area (Å²) >= 11 is 0. The molecule has 1 N–H and O–H groups in total. The second kappa shape index (κ2) is 20.4. The van der Waals surface area contributed by atoms with Crippen molar-refractivity contribution in [2.24, 2.45) is 0 Å². The molecule has 4 nitrogen and oxygen atoms in total. The van der Waals surface area contributed by atoms with E-state index in [1.165, 1.54) is 27.8 Å². The zero-order valence-corrected chi connectivity index (χ0v) is 48.7. The molecule has 386 valence electrons. The molecule has 0 unspecified atom stereocenters. The van der Waals surface area contributed by atoms with Gasteiger partial charge < -0.3 is 5.11 Å². The molecule has 2 aromatic heterocycles. The standard InChI is InChI=1S/C71H70N3O.Pt/c1-45-35-50(53-39-56(68(2,3)4)42-57(40-53)69(5,6)7)31-32-63(45)74-64-26-20-25-59(65(64)73-67(74)60-43-58(70(8,9)10)44-61(66(60)75)71(11,12)13)54-36-52(47-23-18-15-19-24-47)37-55(38-54)62-41-51(33-34-72-62)49-29-27-48(28-30-49)46-21-16-14-17-22-46;/h14-37,39-44,75H,1-13H3;/q-1;. The number of hydrogen-bond donors (Lipinski definition) is 1. The van der Waals surface area contributed by atoms with Crippen LogP contribution in [0.15, 0.2) is 182 Å². The maximum absolute atomic E-state index is 12.6. The van der Waals surface area contributed by atoms with Gasteiger partial charge in [-0.2, -0.15) is 0 Å². The molecule has 10 rings (SSSR count). The quantitative estimate of drug-likeness (QED) is 0.154. The van der Waals surface area contributed by atoms with Crippen molar-refractivity contribution in [2.75, 3.05) is 0 Å². The maximum atomic E-state index is 12.6. The van der Waals surface area contributed by atoms with E-state index in [4.69, 9.17) is 9.97 Å². The fourth-order valence-corrected chi connectivity index (χ4v) is 10.2. The minimum atomic E-state index is -0.340. The number of rotatable bonds is 8. The van der Waals surface area contributed by atoms with Gasteiger partial charge in [0.2, 0.25) is 0 Å². The van der Waals surface area contributed by atoms with Crippen LogP contribution in [0, 0.1) is 13.0 Å². The third-order valence-corrected chi connectivity index (χ3v) is 14.8.